The van der Waals surface area contributed by atoms with E-state index in [4.69, 9.17) is 10.8 Å². The molecule has 4 atom stereocenters. The molecule has 0 bridgehead atoms. The second kappa shape index (κ2) is 13.9. The summed E-state index contributed by atoms with van der Waals surface area (Å²) < 4.78 is 0. The Hall–Kier alpha value is -4.46. The number of carbonyl (C=O) groups excluding carboxylic acids is 3. The molecule has 0 aliphatic heterocycles. The third-order valence-electron chi connectivity index (χ3n) is 5.98. The second-order valence-corrected chi connectivity index (χ2v) is 9.39. The topological polar surface area (TPSA) is 241 Å². The lowest BCUT2D eigenvalue weighted by Gasteiger charge is -2.25. The molecule has 14 heteroatoms. The van der Waals surface area contributed by atoms with Crippen molar-refractivity contribution in [3.8, 4) is 0 Å². The van der Waals surface area contributed by atoms with E-state index in [9.17, 15) is 39.0 Å². The van der Waals surface area contributed by atoms with Crippen LogP contribution in [0, 0.1) is 5.92 Å². The van der Waals surface area contributed by atoms with E-state index in [1.807, 2.05) is 0 Å². The van der Waals surface area contributed by atoms with Gasteiger partial charge in [0, 0.05) is 29.9 Å². The summed E-state index contributed by atoms with van der Waals surface area (Å²) in [6.07, 6.45) is 0.0241. The van der Waals surface area contributed by atoms with E-state index in [2.05, 4.69) is 20.9 Å². The Labute approximate surface area is 223 Å². The summed E-state index contributed by atoms with van der Waals surface area (Å²) in [5, 5.41) is 35.4. The van der Waals surface area contributed by atoms with Gasteiger partial charge >= 0.3 is 17.9 Å². The number of aliphatic carboxylic acids is 3. The number of carboxylic acid groups (broad SMARTS) is 3. The Morgan fingerprint density at radius 3 is 2.08 bits per heavy atom. The first kappa shape index (κ1) is 30.8. The van der Waals surface area contributed by atoms with Crippen molar-refractivity contribution < 1.29 is 44.1 Å². The summed E-state index contributed by atoms with van der Waals surface area (Å²) in [6.45, 7) is 3.19. The summed E-state index contributed by atoms with van der Waals surface area (Å²) in [6, 6.07) is 1.60. The van der Waals surface area contributed by atoms with E-state index in [0.29, 0.717) is 5.56 Å². The molecular weight excluding hydrogens is 514 g/mol. The number of hydrogen-bond donors (Lipinski definition) is 8. The Bertz CT molecular complexity index is 1230. The highest BCUT2D eigenvalue weighted by atomic mass is 16.4. The molecule has 0 spiro atoms. The number of H-pyrrole nitrogens is 1. The van der Waals surface area contributed by atoms with Gasteiger partial charge < -0.3 is 42.0 Å². The van der Waals surface area contributed by atoms with Gasteiger partial charge in [-0.3, -0.25) is 24.0 Å². The average Bonchev–Trinajstić information content (AvgIpc) is 3.26. The maximum absolute atomic E-state index is 13.2. The number of nitrogens with two attached hydrogens (primary N) is 1. The van der Waals surface area contributed by atoms with E-state index in [1.165, 1.54) is 0 Å². The van der Waals surface area contributed by atoms with Gasteiger partial charge in [0.2, 0.25) is 17.7 Å². The van der Waals surface area contributed by atoms with Crippen LogP contribution in [0.5, 0.6) is 0 Å². The zero-order valence-electron chi connectivity index (χ0n) is 21.5. The van der Waals surface area contributed by atoms with Crippen LogP contribution in [0.4, 0.5) is 0 Å². The lowest BCUT2D eigenvalue weighted by Crippen LogP contribution is -2.58. The lowest BCUT2D eigenvalue weighted by molar-refractivity contribution is -0.144. The van der Waals surface area contributed by atoms with Gasteiger partial charge in [-0.2, -0.15) is 0 Å². The third kappa shape index (κ3) is 9.10. The van der Waals surface area contributed by atoms with Crippen molar-refractivity contribution in [2.24, 2.45) is 11.7 Å². The van der Waals surface area contributed by atoms with E-state index < -0.39 is 78.6 Å². The molecule has 14 nitrogen and oxygen atoms in total. The maximum atomic E-state index is 13.2. The molecule has 4 unspecified atom stereocenters. The molecule has 0 radical (unpaired) electrons. The second-order valence-electron chi connectivity index (χ2n) is 9.39. The van der Waals surface area contributed by atoms with Gasteiger partial charge in [0.25, 0.3) is 0 Å². The van der Waals surface area contributed by atoms with Crippen LogP contribution < -0.4 is 21.7 Å². The fourth-order valence-electron chi connectivity index (χ4n) is 3.84. The molecule has 9 N–H and O–H groups in total. The number of nitrogens with one attached hydrogen (secondary N) is 4. The van der Waals surface area contributed by atoms with Crippen LogP contribution in [0.15, 0.2) is 30.5 Å². The number of benzene rings is 1. The minimum atomic E-state index is -1.65. The van der Waals surface area contributed by atoms with Crippen LogP contribution in [0.25, 0.3) is 10.9 Å². The molecule has 0 aliphatic carbocycles. The molecule has 0 aliphatic rings. The van der Waals surface area contributed by atoms with E-state index >= 15 is 0 Å². The monoisotopic (exact) mass is 547 g/mol. The van der Waals surface area contributed by atoms with Gasteiger partial charge in [0.15, 0.2) is 0 Å². The van der Waals surface area contributed by atoms with Crippen LogP contribution >= 0.6 is 0 Å². The lowest BCUT2D eigenvalue weighted by atomic mass is 10.0. The van der Waals surface area contributed by atoms with Crippen LogP contribution in [0.1, 0.15) is 38.7 Å². The van der Waals surface area contributed by atoms with Crippen molar-refractivity contribution in [1.29, 1.82) is 0 Å². The van der Waals surface area contributed by atoms with Crippen molar-refractivity contribution in [3.63, 3.8) is 0 Å². The minimum Gasteiger partial charge on any atom is -0.481 e. The van der Waals surface area contributed by atoms with E-state index in [1.54, 1.807) is 44.3 Å². The number of carbonyl (C=O) groups is 6. The van der Waals surface area contributed by atoms with E-state index in [0.717, 1.165) is 10.9 Å². The predicted octanol–water partition coefficient (Wildman–Crippen LogP) is -0.428. The molecule has 1 aromatic carbocycles. The minimum absolute atomic E-state index is 0.0854. The standard InChI is InChI=1S/C25H33N5O9/c1-12(2)21(25(38)39)30-24(37)17(9-13-11-27-16-6-4-3-5-14(13)16)29-23(36)18(10-20(33)34)28-22(35)15(26)7-8-19(31)32/h3-6,11-12,15,17-18,21,27H,7-10,26H2,1-2H3,(H,28,35)(H,29,36)(H,30,37)(H,31,32)(H,33,34)(H,38,39). The number of para-hydroxylation sites is 1. The fourth-order valence-corrected chi connectivity index (χ4v) is 3.84. The Morgan fingerprint density at radius 2 is 1.49 bits per heavy atom. The number of aromatic amines is 1. The van der Waals surface area contributed by atoms with Gasteiger partial charge in [0.1, 0.15) is 18.1 Å². The maximum Gasteiger partial charge on any atom is 0.326 e. The zero-order chi connectivity index (χ0) is 29.3. The smallest absolute Gasteiger partial charge is 0.326 e. The Balaban J connectivity index is 2.31. The summed E-state index contributed by atoms with van der Waals surface area (Å²) in [7, 11) is 0. The number of fused-ring (bicyclic) bond motifs is 1. The normalized spacial score (nSPS) is 14.2. The van der Waals surface area contributed by atoms with Crippen LogP contribution in [-0.2, 0) is 35.2 Å². The summed E-state index contributed by atoms with van der Waals surface area (Å²) >= 11 is 0. The predicted molar refractivity (Wildman–Crippen MR) is 137 cm³/mol. The molecule has 212 valence electrons. The summed E-state index contributed by atoms with van der Waals surface area (Å²) in [5.41, 5.74) is 7.05. The number of aromatic nitrogens is 1. The first-order valence-electron chi connectivity index (χ1n) is 12.2. The Morgan fingerprint density at radius 1 is 0.872 bits per heavy atom. The van der Waals surface area contributed by atoms with Gasteiger partial charge in [0.05, 0.1) is 12.5 Å². The van der Waals surface area contributed by atoms with Gasteiger partial charge in [-0.05, 0) is 24.0 Å². The molecule has 0 fully saturated rings. The Kier molecular flexibility index (Phi) is 11.0. The van der Waals surface area contributed by atoms with Crippen molar-refractivity contribution in [1.82, 2.24) is 20.9 Å². The fraction of sp³-hybridized carbons (Fsp3) is 0.440. The number of hydrogen-bond acceptors (Lipinski definition) is 7. The summed E-state index contributed by atoms with van der Waals surface area (Å²) in [4.78, 5) is 75.6. The SMILES string of the molecule is CC(C)C(NC(=O)C(Cc1c[nH]c2ccccc12)NC(=O)C(CC(=O)O)NC(=O)C(N)CCC(=O)O)C(=O)O. The molecule has 2 aromatic rings. The largest absolute Gasteiger partial charge is 0.481 e. The molecule has 39 heavy (non-hydrogen) atoms. The van der Waals surface area contributed by atoms with Crippen LogP contribution in [-0.4, -0.2) is 80.1 Å². The summed E-state index contributed by atoms with van der Waals surface area (Å²) in [5.74, 6) is -7.17. The van der Waals surface area contributed by atoms with Crippen molar-refractivity contribution >= 4 is 46.5 Å². The van der Waals surface area contributed by atoms with Crippen LogP contribution in [0.2, 0.25) is 0 Å². The number of rotatable bonds is 15. The molecule has 3 amide bonds. The van der Waals surface area contributed by atoms with Crippen molar-refractivity contribution in [2.75, 3.05) is 0 Å². The van der Waals surface area contributed by atoms with Gasteiger partial charge in [-0.25, -0.2) is 4.79 Å². The first-order chi connectivity index (χ1) is 18.3. The van der Waals surface area contributed by atoms with Gasteiger partial charge in [-0.15, -0.1) is 0 Å². The van der Waals surface area contributed by atoms with Crippen molar-refractivity contribution in [3.05, 3.63) is 36.0 Å². The van der Waals surface area contributed by atoms with E-state index in [-0.39, 0.29) is 12.8 Å². The third-order valence-corrected chi connectivity index (χ3v) is 5.98. The molecule has 0 saturated carbocycles. The van der Waals surface area contributed by atoms with Crippen molar-refractivity contribution in [2.45, 2.75) is 63.7 Å². The molecule has 1 aromatic heterocycles. The first-order valence-corrected chi connectivity index (χ1v) is 12.2. The molecular formula is C25H33N5O9. The molecule has 0 saturated heterocycles. The van der Waals surface area contributed by atoms with Crippen LogP contribution in [0.3, 0.4) is 0 Å². The molecule has 2 rings (SSSR count). The van der Waals surface area contributed by atoms with Gasteiger partial charge in [-0.1, -0.05) is 32.0 Å². The highest BCUT2D eigenvalue weighted by molar-refractivity contribution is 5.96. The highest BCUT2D eigenvalue weighted by Gasteiger charge is 2.32. The number of carboxylic acids is 3. The quantitative estimate of drug-likeness (QED) is 0.143. The average molecular weight is 548 g/mol. The molecule has 1 heterocycles. The highest BCUT2D eigenvalue weighted by Crippen LogP contribution is 2.19. The zero-order valence-corrected chi connectivity index (χ0v) is 21.5. The number of amides is 3.